The Kier molecular flexibility index (Phi) is 4.29. The van der Waals surface area contributed by atoms with Gasteiger partial charge in [-0.05, 0) is 24.6 Å². The van der Waals surface area contributed by atoms with Gasteiger partial charge in [-0.1, -0.05) is 22.0 Å². The fourth-order valence-corrected chi connectivity index (χ4v) is 3.82. The van der Waals surface area contributed by atoms with E-state index in [2.05, 4.69) is 36.0 Å². The van der Waals surface area contributed by atoms with Gasteiger partial charge in [0.2, 0.25) is 11.8 Å². The van der Waals surface area contributed by atoms with Crippen LogP contribution >= 0.6 is 15.9 Å². The van der Waals surface area contributed by atoms with E-state index in [0.717, 1.165) is 41.2 Å². The molecule has 2 aliphatic rings. The highest BCUT2D eigenvalue weighted by atomic mass is 79.9. The molecule has 2 aliphatic heterocycles. The van der Waals surface area contributed by atoms with Crippen LogP contribution in [0, 0.1) is 5.92 Å². The predicted molar refractivity (Wildman–Crippen MR) is 94.8 cm³/mol. The van der Waals surface area contributed by atoms with E-state index in [4.69, 9.17) is 0 Å². The van der Waals surface area contributed by atoms with Crippen molar-refractivity contribution in [1.29, 1.82) is 0 Å². The van der Waals surface area contributed by atoms with E-state index in [0.29, 0.717) is 13.1 Å². The third-order valence-electron chi connectivity index (χ3n) is 4.72. The molecule has 2 aromatic rings. The van der Waals surface area contributed by atoms with Crippen molar-refractivity contribution in [3.05, 3.63) is 40.4 Å². The van der Waals surface area contributed by atoms with Gasteiger partial charge in [0.05, 0.1) is 12.5 Å². The Morgan fingerprint density at radius 2 is 2.24 bits per heavy atom. The lowest BCUT2D eigenvalue weighted by atomic mass is 10.1. The average molecular weight is 404 g/mol. The topological polar surface area (TPSA) is 80.1 Å². The maximum absolute atomic E-state index is 12.5. The van der Waals surface area contributed by atoms with Gasteiger partial charge in [0, 0.05) is 36.1 Å². The van der Waals surface area contributed by atoms with E-state index in [1.54, 1.807) is 4.90 Å². The molecule has 0 aliphatic carbocycles. The van der Waals surface area contributed by atoms with Crippen LogP contribution in [0.25, 0.3) is 0 Å². The van der Waals surface area contributed by atoms with Crippen LogP contribution in [-0.4, -0.2) is 33.1 Å². The normalized spacial score (nSPS) is 19.3. The van der Waals surface area contributed by atoms with Gasteiger partial charge in [0.1, 0.15) is 5.82 Å². The van der Waals surface area contributed by atoms with E-state index in [9.17, 15) is 9.59 Å². The lowest BCUT2D eigenvalue weighted by molar-refractivity contribution is -0.126. The SMILES string of the molecule is O=C(NCc1nnc2n1CCC2)C1CC(=O)N(c2cccc(Br)c2)C1. The van der Waals surface area contributed by atoms with E-state index in [1.807, 2.05) is 24.3 Å². The van der Waals surface area contributed by atoms with Gasteiger partial charge in [-0.25, -0.2) is 0 Å². The van der Waals surface area contributed by atoms with Gasteiger partial charge in [0.15, 0.2) is 5.82 Å². The first-order valence-corrected chi connectivity index (χ1v) is 9.16. The summed E-state index contributed by atoms with van der Waals surface area (Å²) in [7, 11) is 0. The Hall–Kier alpha value is -2.22. The zero-order valence-corrected chi connectivity index (χ0v) is 15.2. The Morgan fingerprint density at radius 1 is 1.36 bits per heavy atom. The molecule has 1 aromatic carbocycles. The van der Waals surface area contributed by atoms with Crippen LogP contribution < -0.4 is 10.2 Å². The predicted octanol–water partition coefficient (Wildman–Crippen LogP) is 1.66. The summed E-state index contributed by atoms with van der Waals surface area (Å²) < 4.78 is 2.97. The van der Waals surface area contributed by atoms with Crippen molar-refractivity contribution in [3.63, 3.8) is 0 Å². The van der Waals surface area contributed by atoms with Gasteiger partial charge >= 0.3 is 0 Å². The highest BCUT2D eigenvalue weighted by Gasteiger charge is 2.35. The Labute approximate surface area is 153 Å². The highest BCUT2D eigenvalue weighted by molar-refractivity contribution is 9.10. The molecule has 4 rings (SSSR count). The van der Waals surface area contributed by atoms with Crippen molar-refractivity contribution in [2.24, 2.45) is 5.92 Å². The van der Waals surface area contributed by atoms with Crippen LogP contribution in [0.4, 0.5) is 5.69 Å². The van der Waals surface area contributed by atoms with Crippen LogP contribution in [0.15, 0.2) is 28.7 Å². The highest BCUT2D eigenvalue weighted by Crippen LogP contribution is 2.27. The Balaban J connectivity index is 1.39. The van der Waals surface area contributed by atoms with Crippen molar-refractivity contribution in [1.82, 2.24) is 20.1 Å². The standard InChI is InChI=1S/C17H18BrN5O2/c18-12-3-1-4-13(8-12)23-10-11(7-16(23)24)17(25)19-9-15-21-20-14-5-2-6-22(14)15/h1,3-4,8,11H,2,5-7,9-10H2,(H,19,25). The molecule has 2 amide bonds. The molecule has 1 N–H and O–H groups in total. The minimum Gasteiger partial charge on any atom is -0.348 e. The molecule has 1 saturated heterocycles. The number of anilines is 1. The monoisotopic (exact) mass is 403 g/mol. The zero-order chi connectivity index (χ0) is 17.4. The second kappa shape index (κ2) is 6.59. The van der Waals surface area contributed by atoms with Crippen molar-refractivity contribution in [2.75, 3.05) is 11.4 Å². The summed E-state index contributed by atoms with van der Waals surface area (Å²) in [5, 5.41) is 11.2. The van der Waals surface area contributed by atoms with Crippen molar-refractivity contribution in [3.8, 4) is 0 Å². The van der Waals surface area contributed by atoms with Crippen LogP contribution in [0.2, 0.25) is 0 Å². The maximum atomic E-state index is 12.5. The first-order valence-electron chi connectivity index (χ1n) is 8.36. The second-order valence-electron chi connectivity index (χ2n) is 6.39. The van der Waals surface area contributed by atoms with Crippen molar-refractivity contribution >= 4 is 33.4 Å². The largest absolute Gasteiger partial charge is 0.348 e. The number of fused-ring (bicyclic) bond motifs is 1. The maximum Gasteiger partial charge on any atom is 0.227 e. The number of carbonyl (C=O) groups excluding carboxylic acids is 2. The number of amides is 2. The molecule has 0 saturated carbocycles. The van der Waals surface area contributed by atoms with Gasteiger partial charge in [-0.15, -0.1) is 10.2 Å². The summed E-state index contributed by atoms with van der Waals surface area (Å²) in [5.41, 5.74) is 0.810. The minimum atomic E-state index is -0.340. The molecule has 8 heteroatoms. The molecule has 1 atom stereocenters. The van der Waals surface area contributed by atoms with Crippen molar-refractivity contribution in [2.45, 2.75) is 32.4 Å². The van der Waals surface area contributed by atoms with Gasteiger partial charge < -0.3 is 14.8 Å². The number of aryl methyl sites for hydroxylation is 1. The molecule has 0 spiro atoms. The van der Waals surface area contributed by atoms with E-state index < -0.39 is 0 Å². The summed E-state index contributed by atoms with van der Waals surface area (Å²) in [6.45, 7) is 1.67. The third kappa shape index (κ3) is 3.18. The molecule has 130 valence electrons. The summed E-state index contributed by atoms with van der Waals surface area (Å²) >= 11 is 3.41. The number of rotatable bonds is 4. The van der Waals surface area contributed by atoms with E-state index in [1.165, 1.54) is 0 Å². The molecule has 7 nitrogen and oxygen atoms in total. The molecule has 0 bridgehead atoms. The second-order valence-corrected chi connectivity index (χ2v) is 7.31. The van der Waals surface area contributed by atoms with Crippen LogP contribution in [-0.2, 0) is 29.1 Å². The molecule has 1 fully saturated rings. The van der Waals surface area contributed by atoms with E-state index in [-0.39, 0.29) is 24.2 Å². The minimum absolute atomic E-state index is 0.0263. The number of hydrogen-bond donors (Lipinski definition) is 1. The molecule has 25 heavy (non-hydrogen) atoms. The fourth-order valence-electron chi connectivity index (χ4n) is 3.43. The molecule has 0 radical (unpaired) electrons. The number of aromatic nitrogens is 3. The summed E-state index contributed by atoms with van der Waals surface area (Å²) in [4.78, 5) is 26.4. The number of halogens is 1. The van der Waals surface area contributed by atoms with Crippen molar-refractivity contribution < 1.29 is 9.59 Å². The fraction of sp³-hybridized carbons (Fsp3) is 0.412. The number of carbonyl (C=O) groups is 2. The summed E-state index contributed by atoms with van der Waals surface area (Å²) in [5.74, 6) is 1.30. The molecule has 1 aromatic heterocycles. The van der Waals surface area contributed by atoms with Gasteiger partial charge in [-0.3, -0.25) is 9.59 Å². The Morgan fingerprint density at radius 3 is 3.08 bits per heavy atom. The number of benzene rings is 1. The molecule has 1 unspecified atom stereocenters. The van der Waals surface area contributed by atoms with Crippen LogP contribution in [0.3, 0.4) is 0 Å². The first-order chi connectivity index (χ1) is 12.1. The number of hydrogen-bond acceptors (Lipinski definition) is 4. The quantitative estimate of drug-likeness (QED) is 0.841. The first kappa shape index (κ1) is 16.3. The lowest BCUT2D eigenvalue weighted by Crippen LogP contribution is -2.33. The molecular weight excluding hydrogens is 386 g/mol. The van der Waals surface area contributed by atoms with Crippen LogP contribution in [0.5, 0.6) is 0 Å². The van der Waals surface area contributed by atoms with Crippen LogP contribution in [0.1, 0.15) is 24.5 Å². The van der Waals surface area contributed by atoms with E-state index >= 15 is 0 Å². The summed E-state index contributed by atoms with van der Waals surface area (Å²) in [6, 6.07) is 7.55. The number of nitrogens with zero attached hydrogens (tertiary/aromatic N) is 4. The number of nitrogens with one attached hydrogen (secondary N) is 1. The third-order valence-corrected chi connectivity index (χ3v) is 5.22. The molecule has 3 heterocycles. The average Bonchev–Trinajstić information content (AvgIpc) is 3.28. The zero-order valence-electron chi connectivity index (χ0n) is 13.6. The molecular formula is C17H18BrN5O2. The summed E-state index contributed by atoms with van der Waals surface area (Å²) in [6.07, 6.45) is 2.25. The smallest absolute Gasteiger partial charge is 0.227 e. The lowest BCUT2D eigenvalue weighted by Gasteiger charge is -2.17. The van der Waals surface area contributed by atoms with Gasteiger partial charge in [-0.2, -0.15) is 0 Å². The Bertz CT molecular complexity index is 834. The van der Waals surface area contributed by atoms with Gasteiger partial charge in [0.25, 0.3) is 0 Å².